The van der Waals surface area contributed by atoms with Gasteiger partial charge in [-0.1, -0.05) is 0 Å². The lowest BCUT2D eigenvalue weighted by Crippen LogP contribution is -2.67. The van der Waals surface area contributed by atoms with E-state index in [0.717, 1.165) is 0 Å². The van der Waals surface area contributed by atoms with Gasteiger partial charge >= 0.3 is 21.8 Å². The zero-order valence-corrected chi connectivity index (χ0v) is 19.9. The van der Waals surface area contributed by atoms with Crippen LogP contribution in [0.15, 0.2) is 12.3 Å². The molecule has 0 bridgehead atoms. The van der Waals surface area contributed by atoms with Gasteiger partial charge in [-0.3, -0.25) is 0 Å². The van der Waals surface area contributed by atoms with Crippen molar-refractivity contribution in [3.63, 3.8) is 0 Å². The molecule has 1 saturated heterocycles. The minimum absolute atomic E-state index is 0.174. The average molecular weight is 544 g/mol. The first-order valence-electron chi connectivity index (χ1n) is 7.90. The van der Waals surface area contributed by atoms with Gasteiger partial charge in [-0.05, 0) is 6.07 Å². The molecule has 0 saturated carbocycles. The van der Waals surface area contributed by atoms with Crippen LogP contribution in [0, 0.1) is 0 Å². The van der Waals surface area contributed by atoms with Crippen LogP contribution in [0.3, 0.4) is 0 Å². The summed E-state index contributed by atoms with van der Waals surface area (Å²) < 4.78 is 142. The number of nitrogen functional groups attached to an aromatic ring is 1. The highest BCUT2D eigenvalue weighted by Gasteiger charge is 2.83. The van der Waals surface area contributed by atoms with Gasteiger partial charge in [0.15, 0.2) is 39.3 Å². The fraction of sp³-hybridized carbons (Fsp3) is 0.583. The summed E-state index contributed by atoms with van der Waals surface area (Å²) in [6.07, 6.45) is -3.85. The molecule has 1 aliphatic heterocycles. The number of pyridine rings is 1. The molecule has 0 aliphatic carbocycles. The Hall–Kier alpha value is -1.48. The van der Waals surface area contributed by atoms with E-state index in [-0.39, 0.29) is 31.1 Å². The Balaban J connectivity index is 3.06. The second-order valence-electron chi connectivity index (χ2n) is 6.97. The van der Waals surface area contributed by atoms with Crippen LogP contribution in [0.5, 0.6) is 0 Å². The van der Waals surface area contributed by atoms with Gasteiger partial charge in [0.05, 0.1) is 5.56 Å². The summed E-state index contributed by atoms with van der Waals surface area (Å²) >= 11 is 0. The van der Waals surface area contributed by atoms with Gasteiger partial charge in [-0.2, -0.15) is 13.2 Å². The van der Waals surface area contributed by atoms with Crippen LogP contribution in [0.25, 0.3) is 0 Å². The second-order valence-corrected chi connectivity index (χ2v) is 16.0. The molecular weight excluding hydrogens is 528 g/mol. The lowest BCUT2D eigenvalue weighted by atomic mass is 9.80. The van der Waals surface area contributed by atoms with Gasteiger partial charge in [0, 0.05) is 36.7 Å². The van der Waals surface area contributed by atoms with Crippen LogP contribution >= 0.6 is 0 Å². The number of nitrogens with two attached hydrogens (primary N) is 1. The van der Waals surface area contributed by atoms with Crippen molar-refractivity contribution >= 4 is 57.7 Å². The van der Waals surface area contributed by atoms with Gasteiger partial charge in [-0.15, -0.1) is 0 Å². The van der Waals surface area contributed by atoms with Crippen molar-refractivity contribution in [3.8, 4) is 0 Å². The number of hydrogen-bond acceptors (Lipinski definition) is 12. The van der Waals surface area contributed by atoms with Crippen molar-refractivity contribution in [2.45, 2.75) is 14.7 Å². The number of nitrogens with zero attached hydrogens (tertiary/aromatic N) is 1. The molecule has 1 aliphatic rings. The van der Waals surface area contributed by atoms with E-state index in [4.69, 9.17) is 15.0 Å². The van der Waals surface area contributed by atoms with E-state index in [9.17, 15) is 46.8 Å². The van der Waals surface area contributed by atoms with Crippen molar-refractivity contribution in [2.24, 2.45) is 0 Å². The predicted molar refractivity (Wildman–Crippen MR) is 106 cm³/mol. The minimum atomic E-state index is -5.34. The number of aromatic nitrogens is 1. The third-order valence-corrected chi connectivity index (χ3v) is 14.0. The molecule has 0 aromatic carbocycles. The van der Waals surface area contributed by atoms with Crippen LogP contribution in [-0.2, 0) is 54.8 Å². The number of rotatable bonds is 5. The van der Waals surface area contributed by atoms with E-state index in [2.05, 4.69) is 4.98 Å². The first-order valence-corrected chi connectivity index (χ1v) is 15.5. The van der Waals surface area contributed by atoms with Crippen LogP contribution in [0.2, 0.25) is 0 Å². The van der Waals surface area contributed by atoms with Crippen LogP contribution < -0.4 is 11.2 Å². The maximum Gasteiger partial charge on any atom is 0.499 e. The molecule has 1 aromatic heterocycles. The molecule has 2 heterocycles. The van der Waals surface area contributed by atoms with Crippen molar-refractivity contribution in [3.05, 3.63) is 17.8 Å². The number of sulfone groups is 4. The van der Waals surface area contributed by atoms with Crippen LogP contribution in [0.1, 0.15) is 5.56 Å². The Morgan fingerprint density at radius 1 is 0.844 bits per heavy atom. The van der Waals surface area contributed by atoms with E-state index in [1.165, 1.54) is 0 Å². The SMILES string of the molecule is CS(=O)(=O)C1(S(C)(=O)=O)OB(c2cnc(N)c(C(F)(F)F)c2)OC1(S(C)(=O)=O)S(C)(=O)=O. The van der Waals surface area contributed by atoms with E-state index >= 15 is 0 Å². The van der Waals surface area contributed by atoms with E-state index < -0.39 is 78.0 Å². The predicted octanol–water partition coefficient (Wildman–Crippen LogP) is -2.09. The molecule has 0 amide bonds. The Labute approximate surface area is 182 Å². The van der Waals surface area contributed by atoms with E-state index in [1.54, 1.807) is 0 Å². The maximum atomic E-state index is 13.2. The van der Waals surface area contributed by atoms with Crippen molar-refractivity contribution in [2.75, 3.05) is 30.8 Å². The standard InChI is InChI=1S/C12H16BF3N2O10S4/c1-29(19,20)11(30(2,21)22)12(31(3,23)24,32(4,25)26)28-13(27-11)7-5-8(10(14,15)16)9(17)18-6-7/h5-6H,1-4H3,(H2,17,18). The lowest BCUT2D eigenvalue weighted by molar-refractivity contribution is -0.137. The van der Waals surface area contributed by atoms with Gasteiger partial charge in [-0.25, -0.2) is 38.7 Å². The number of hydrogen-bond donors (Lipinski definition) is 1. The lowest BCUT2D eigenvalue weighted by Gasteiger charge is -2.37. The number of anilines is 1. The quantitative estimate of drug-likeness (QED) is 0.398. The van der Waals surface area contributed by atoms with Gasteiger partial charge in [0.25, 0.3) is 0 Å². The van der Waals surface area contributed by atoms with Crippen LogP contribution in [-0.4, -0.2) is 79.3 Å². The normalized spacial score (nSPS) is 19.8. The first-order chi connectivity index (χ1) is 13.9. The third-order valence-electron chi connectivity index (χ3n) is 4.37. The number of alkyl halides is 3. The highest BCUT2D eigenvalue weighted by molar-refractivity contribution is 8.16. The fourth-order valence-corrected chi connectivity index (χ4v) is 14.3. The molecule has 0 unspecified atom stereocenters. The van der Waals surface area contributed by atoms with Gasteiger partial charge < -0.3 is 15.0 Å². The summed E-state index contributed by atoms with van der Waals surface area (Å²) in [5.41, 5.74) is 2.73. The summed E-state index contributed by atoms with van der Waals surface area (Å²) in [7, 11) is -23.9. The van der Waals surface area contributed by atoms with Crippen molar-refractivity contribution in [1.82, 2.24) is 4.98 Å². The molecule has 20 heteroatoms. The van der Waals surface area contributed by atoms with E-state index in [1.807, 2.05) is 0 Å². The smallest absolute Gasteiger partial charge is 0.383 e. The highest BCUT2D eigenvalue weighted by atomic mass is 32.3. The minimum Gasteiger partial charge on any atom is -0.383 e. The first kappa shape index (κ1) is 26.8. The summed E-state index contributed by atoms with van der Waals surface area (Å²) in [6, 6.07) is 0.225. The molecule has 2 rings (SSSR count). The molecule has 1 fully saturated rings. The van der Waals surface area contributed by atoms with E-state index in [0.29, 0.717) is 6.20 Å². The Morgan fingerprint density at radius 3 is 1.47 bits per heavy atom. The molecule has 0 spiro atoms. The third kappa shape index (κ3) is 3.69. The monoisotopic (exact) mass is 544 g/mol. The largest absolute Gasteiger partial charge is 0.499 e. The van der Waals surface area contributed by atoms with Crippen molar-refractivity contribution < 1.29 is 56.2 Å². The molecule has 32 heavy (non-hydrogen) atoms. The van der Waals surface area contributed by atoms with Gasteiger partial charge in [0.2, 0.25) is 0 Å². The summed E-state index contributed by atoms with van der Waals surface area (Å²) in [5.74, 6) is -1.03. The Kier molecular flexibility index (Phi) is 6.07. The summed E-state index contributed by atoms with van der Waals surface area (Å²) in [4.78, 5) is 3.23. The summed E-state index contributed by atoms with van der Waals surface area (Å²) in [6.45, 7) is 0. The fourth-order valence-electron chi connectivity index (χ4n) is 3.24. The Bertz CT molecular complexity index is 1250. The maximum absolute atomic E-state index is 13.2. The molecule has 182 valence electrons. The zero-order chi connectivity index (χ0) is 25.3. The van der Waals surface area contributed by atoms with Crippen molar-refractivity contribution in [1.29, 1.82) is 0 Å². The zero-order valence-electron chi connectivity index (χ0n) is 16.6. The topological polar surface area (TPSA) is 194 Å². The average Bonchev–Trinajstić information content (AvgIpc) is 2.92. The molecule has 1 aromatic rings. The highest BCUT2D eigenvalue weighted by Crippen LogP contribution is 2.51. The molecular formula is C12H16BF3N2O10S4. The molecule has 0 radical (unpaired) electrons. The number of halogens is 3. The molecule has 2 N–H and O–H groups in total. The molecule has 0 atom stereocenters. The molecule has 12 nitrogen and oxygen atoms in total. The van der Waals surface area contributed by atoms with Crippen LogP contribution in [0.4, 0.5) is 19.0 Å². The Morgan fingerprint density at radius 2 is 1.19 bits per heavy atom. The second kappa shape index (κ2) is 7.26. The summed E-state index contributed by atoms with van der Waals surface area (Å²) in [5, 5.41) is 0. The van der Waals surface area contributed by atoms with Gasteiger partial charge in [0.1, 0.15) is 5.82 Å².